The zero-order chi connectivity index (χ0) is 19.9. The fourth-order valence-electron chi connectivity index (χ4n) is 2.71. The van der Waals surface area contributed by atoms with E-state index in [4.69, 9.17) is 11.5 Å². The average molecular weight is 425 g/mol. The molecule has 2 aromatic heterocycles. The molecule has 1 unspecified atom stereocenters. The minimum Gasteiger partial charge on any atom is -0.403 e. The van der Waals surface area contributed by atoms with E-state index in [1.165, 1.54) is 28.7 Å². The van der Waals surface area contributed by atoms with Crippen molar-refractivity contribution < 1.29 is 17.9 Å². The highest BCUT2D eigenvalue weighted by Crippen LogP contribution is 2.38. The maximum absolute atomic E-state index is 12.8. The summed E-state index contributed by atoms with van der Waals surface area (Å²) in [5.74, 6) is -0.384. The highest BCUT2D eigenvalue weighted by molar-refractivity contribution is 7.22. The summed E-state index contributed by atoms with van der Waals surface area (Å²) in [6.07, 6.45) is -2.06. The molecule has 28 heavy (non-hydrogen) atoms. The lowest BCUT2D eigenvalue weighted by atomic mass is 10.2. The Kier molecular flexibility index (Phi) is 4.83. The molecule has 3 aromatic rings. The number of nitrogens with two attached hydrogens (primary N) is 2. The van der Waals surface area contributed by atoms with Crippen molar-refractivity contribution in [1.82, 2.24) is 4.98 Å². The Morgan fingerprint density at radius 1 is 1.29 bits per heavy atom. The molecule has 1 aromatic carbocycles. The van der Waals surface area contributed by atoms with E-state index < -0.39 is 12.7 Å². The molecule has 1 aliphatic heterocycles. The number of fused-ring (bicyclic) bond motifs is 1. The predicted octanol–water partition coefficient (Wildman–Crippen LogP) is 3.78. The van der Waals surface area contributed by atoms with Crippen molar-refractivity contribution in [1.29, 1.82) is 0 Å². The third-order valence-electron chi connectivity index (χ3n) is 3.91. The van der Waals surface area contributed by atoms with E-state index in [0.717, 1.165) is 10.6 Å². The van der Waals surface area contributed by atoms with Crippen LogP contribution in [0.5, 0.6) is 5.75 Å². The number of thiazole rings is 1. The van der Waals surface area contributed by atoms with Gasteiger partial charge in [-0.3, -0.25) is 10.6 Å². The summed E-state index contributed by atoms with van der Waals surface area (Å²) in [6.45, 7) is 0.0784. The largest absolute Gasteiger partial charge is 0.573 e. The summed E-state index contributed by atoms with van der Waals surface area (Å²) in [6, 6.07) is 6.79. The molecule has 11 heteroatoms. The second-order valence-electron chi connectivity index (χ2n) is 5.82. The first kappa shape index (κ1) is 18.9. The minimum atomic E-state index is -4.83. The quantitative estimate of drug-likeness (QED) is 0.664. The summed E-state index contributed by atoms with van der Waals surface area (Å²) < 4.78 is 43.0. The molecule has 0 bridgehead atoms. The first-order valence-corrected chi connectivity index (χ1v) is 9.77. The van der Waals surface area contributed by atoms with Gasteiger partial charge >= 0.3 is 6.36 Å². The van der Waals surface area contributed by atoms with Crippen LogP contribution in [0.2, 0.25) is 0 Å². The standard InChI is InChI=1S/C17H14F3N5OS2/c18-17(19,20)26-11-6-9(8-21)7-13-14(11)24-16(28-13)25-4-3-10(23-15(25)22)12-2-1-5-27-12/h1-7,15H,8,21-22H2. The van der Waals surface area contributed by atoms with Crippen molar-refractivity contribution in [3.05, 3.63) is 52.4 Å². The monoisotopic (exact) mass is 425 g/mol. The summed E-state index contributed by atoms with van der Waals surface area (Å²) >= 11 is 2.73. The van der Waals surface area contributed by atoms with E-state index in [2.05, 4.69) is 14.7 Å². The number of thiophene rings is 1. The van der Waals surface area contributed by atoms with Crippen LogP contribution in [0, 0.1) is 0 Å². The zero-order valence-corrected chi connectivity index (χ0v) is 15.8. The maximum atomic E-state index is 12.8. The van der Waals surface area contributed by atoms with Crippen molar-refractivity contribution >= 4 is 43.7 Å². The highest BCUT2D eigenvalue weighted by Gasteiger charge is 2.33. The molecule has 0 saturated carbocycles. The second kappa shape index (κ2) is 7.17. The first-order chi connectivity index (χ1) is 13.3. The molecule has 0 fully saturated rings. The molecule has 0 spiro atoms. The van der Waals surface area contributed by atoms with Crippen molar-refractivity contribution in [2.24, 2.45) is 16.5 Å². The molecule has 1 atom stereocenters. The smallest absolute Gasteiger partial charge is 0.403 e. The molecule has 0 saturated heterocycles. The summed E-state index contributed by atoms with van der Waals surface area (Å²) in [7, 11) is 0. The number of allylic oxidation sites excluding steroid dienone is 1. The second-order valence-corrected chi connectivity index (χ2v) is 7.77. The highest BCUT2D eigenvalue weighted by atomic mass is 32.1. The van der Waals surface area contributed by atoms with Crippen LogP contribution < -0.4 is 21.1 Å². The number of hydrogen-bond donors (Lipinski definition) is 2. The van der Waals surface area contributed by atoms with E-state index in [1.54, 1.807) is 23.2 Å². The van der Waals surface area contributed by atoms with Crippen molar-refractivity contribution in [3.63, 3.8) is 0 Å². The minimum absolute atomic E-state index is 0.0784. The molecule has 0 radical (unpaired) electrons. The SMILES string of the molecule is NCc1cc(OC(F)(F)F)c2nc(N3C=CC(c4cccs4)=NC3N)sc2c1. The number of aliphatic imine (C=N–C) groups is 1. The van der Waals surface area contributed by atoms with Crippen LogP contribution in [0.3, 0.4) is 0 Å². The van der Waals surface area contributed by atoms with Gasteiger partial charge in [-0.25, -0.2) is 9.98 Å². The Labute approximate surface area is 165 Å². The van der Waals surface area contributed by atoms with Gasteiger partial charge in [-0.15, -0.1) is 24.5 Å². The Hall–Kier alpha value is -2.47. The van der Waals surface area contributed by atoms with E-state index in [1.807, 2.05) is 17.5 Å². The van der Waals surface area contributed by atoms with E-state index >= 15 is 0 Å². The van der Waals surface area contributed by atoms with Crippen molar-refractivity contribution in [2.75, 3.05) is 4.90 Å². The zero-order valence-electron chi connectivity index (χ0n) is 14.2. The number of ether oxygens (including phenoxy) is 1. The summed E-state index contributed by atoms with van der Waals surface area (Å²) in [5, 5.41) is 2.35. The number of alkyl halides is 3. The number of hydrogen-bond acceptors (Lipinski definition) is 8. The van der Waals surface area contributed by atoms with Crippen LogP contribution >= 0.6 is 22.7 Å². The lowest BCUT2D eigenvalue weighted by Gasteiger charge is -2.25. The molecule has 4 rings (SSSR count). The van der Waals surface area contributed by atoms with Gasteiger partial charge in [-0.2, -0.15) is 0 Å². The van der Waals surface area contributed by atoms with Gasteiger partial charge < -0.3 is 10.5 Å². The average Bonchev–Trinajstić information content (AvgIpc) is 3.30. The van der Waals surface area contributed by atoms with Crippen LogP contribution in [0.1, 0.15) is 10.4 Å². The molecular weight excluding hydrogens is 411 g/mol. The lowest BCUT2D eigenvalue weighted by molar-refractivity contribution is -0.274. The third-order valence-corrected chi connectivity index (χ3v) is 5.82. The van der Waals surface area contributed by atoms with Gasteiger partial charge in [0.25, 0.3) is 0 Å². The van der Waals surface area contributed by atoms with Gasteiger partial charge in [-0.1, -0.05) is 17.4 Å². The Morgan fingerprint density at radius 3 is 2.75 bits per heavy atom. The molecule has 0 aliphatic carbocycles. The molecule has 1 aliphatic rings. The topological polar surface area (TPSA) is 89.8 Å². The summed E-state index contributed by atoms with van der Waals surface area (Å²) in [4.78, 5) is 11.3. The van der Waals surface area contributed by atoms with Gasteiger partial charge in [0.15, 0.2) is 17.2 Å². The van der Waals surface area contributed by atoms with Gasteiger partial charge in [0.1, 0.15) is 5.52 Å². The molecule has 146 valence electrons. The number of rotatable bonds is 4. The van der Waals surface area contributed by atoms with Crippen LogP contribution in [-0.4, -0.2) is 23.3 Å². The number of aromatic nitrogens is 1. The number of anilines is 1. The van der Waals surface area contributed by atoms with Gasteiger partial charge in [0, 0.05) is 12.7 Å². The number of nitrogens with zero attached hydrogens (tertiary/aromatic N) is 3. The van der Waals surface area contributed by atoms with E-state index in [-0.39, 0.29) is 17.8 Å². The molecule has 4 N–H and O–H groups in total. The van der Waals surface area contributed by atoms with Crippen LogP contribution in [0.25, 0.3) is 10.2 Å². The summed E-state index contributed by atoms with van der Waals surface area (Å²) in [5.41, 5.74) is 13.1. The Bertz CT molecular complexity index is 1060. The van der Waals surface area contributed by atoms with Gasteiger partial charge in [0.05, 0.1) is 15.3 Å². The Morgan fingerprint density at radius 2 is 2.11 bits per heavy atom. The van der Waals surface area contributed by atoms with Gasteiger partial charge in [-0.05, 0) is 35.2 Å². The number of halogens is 3. The molecule has 0 amide bonds. The first-order valence-electron chi connectivity index (χ1n) is 8.07. The van der Waals surface area contributed by atoms with Crippen molar-refractivity contribution in [3.8, 4) is 5.75 Å². The van der Waals surface area contributed by atoms with Gasteiger partial charge in [0.2, 0.25) is 0 Å². The number of benzene rings is 1. The maximum Gasteiger partial charge on any atom is 0.573 e. The molecule has 3 heterocycles. The third kappa shape index (κ3) is 3.74. The Balaban J connectivity index is 1.70. The van der Waals surface area contributed by atoms with E-state index in [9.17, 15) is 13.2 Å². The fraction of sp³-hybridized carbons (Fsp3) is 0.176. The van der Waals surface area contributed by atoms with E-state index in [0.29, 0.717) is 15.4 Å². The fourth-order valence-corrected chi connectivity index (χ4v) is 4.47. The van der Waals surface area contributed by atoms with Crippen molar-refractivity contribution in [2.45, 2.75) is 19.2 Å². The predicted molar refractivity (Wildman–Crippen MR) is 105 cm³/mol. The van der Waals surface area contributed by atoms with Crippen LogP contribution in [-0.2, 0) is 6.54 Å². The normalized spacial score (nSPS) is 17.2. The van der Waals surface area contributed by atoms with Crippen LogP contribution in [0.4, 0.5) is 18.3 Å². The molecular formula is C17H14F3N5OS2. The lowest BCUT2D eigenvalue weighted by Crippen LogP contribution is -2.39. The molecule has 6 nitrogen and oxygen atoms in total. The van der Waals surface area contributed by atoms with Crippen LogP contribution in [0.15, 0.2) is 46.9 Å².